The van der Waals surface area contributed by atoms with E-state index in [1.165, 1.54) is 24.2 Å². The molecule has 0 radical (unpaired) electrons. The average molecular weight is 468 g/mol. The van der Waals surface area contributed by atoms with Gasteiger partial charge in [-0.25, -0.2) is 0 Å². The van der Waals surface area contributed by atoms with Gasteiger partial charge < -0.3 is 19.2 Å². The van der Waals surface area contributed by atoms with E-state index in [1.54, 1.807) is 19.1 Å². The van der Waals surface area contributed by atoms with Crippen molar-refractivity contribution in [3.05, 3.63) is 63.0 Å². The molecule has 1 saturated heterocycles. The van der Waals surface area contributed by atoms with Crippen molar-refractivity contribution < 1.29 is 24.0 Å². The van der Waals surface area contributed by atoms with E-state index in [-0.39, 0.29) is 17.3 Å². The highest BCUT2D eigenvalue weighted by atomic mass is 79.9. The van der Waals surface area contributed by atoms with Gasteiger partial charge in [-0.1, -0.05) is 27.7 Å². The van der Waals surface area contributed by atoms with Crippen LogP contribution >= 0.6 is 15.9 Å². The van der Waals surface area contributed by atoms with Crippen LogP contribution in [0.1, 0.15) is 46.5 Å². The number of halogens is 1. The highest BCUT2D eigenvalue weighted by molar-refractivity contribution is 9.10. The number of aryl methyl sites for hydroxylation is 1. The van der Waals surface area contributed by atoms with Crippen LogP contribution in [0.3, 0.4) is 0 Å². The second kappa shape index (κ2) is 7.60. The minimum Gasteiger partial charge on any atom is -0.872 e. The summed E-state index contributed by atoms with van der Waals surface area (Å²) in [6.45, 7) is 4.49. The standard InChI is InChI=1S/C24H22BrNO4/c1-14-9-19(27)18(13-26-7-3-2-4-8-26)24-22(14)23(28)21(30-24)12-17-11-15-10-16(25)5-6-20(15)29-17/h5-6,9-12,27H,2-4,7-8,13H2,1H3. The van der Waals surface area contributed by atoms with Crippen molar-refractivity contribution in [2.75, 3.05) is 13.1 Å². The van der Waals surface area contributed by atoms with Crippen LogP contribution in [-0.2, 0) is 6.54 Å². The Labute approximate surface area is 183 Å². The summed E-state index contributed by atoms with van der Waals surface area (Å²) in [7, 11) is 0. The Kier molecular flexibility index (Phi) is 4.91. The van der Waals surface area contributed by atoms with Gasteiger partial charge >= 0.3 is 0 Å². The summed E-state index contributed by atoms with van der Waals surface area (Å²) in [4.78, 5) is 14.5. The maximum absolute atomic E-state index is 13.1. The molecule has 0 spiro atoms. The van der Waals surface area contributed by atoms with Gasteiger partial charge in [-0.15, -0.1) is 0 Å². The van der Waals surface area contributed by atoms with E-state index in [9.17, 15) is 9.90 Å². The lowest BCUT2D eigenvalue weighted by Crippen LogP contribution is -3.11. The number of piperidine rings is 1. The Balaban J connectivity index is 1.51. The molecule has 0 bridgehead atoms. The van der Waals surface area contributed by atoms with E-state index < -0.39 is 0 Å². The number of furan rings is 1. The normalized spacial score (nSPS) is 18.2. The number of quaternary nitrogens is 1. The SMILES string of the molecule is Cc1cc([O-])c(C[NH+]2CCCCC2)c2c1C(=O)C(=Cc1cc3cc(Br)ccc3o1)O2. The van der Waals surface area contributed by atoms with Crippen LogP contribution in [0.25, 0.3) is 17.0 Å². The van der Waals surface area contributed by atoms with Crippen LogP contribution in [-0.4, -0.2) is 18.9 Å². The third-order valence-corrected chi connectivity index (χ3v) is 6.45. The van der Waals surface area contributed by atoms with E-state index in [0.717, 1.165) is 28.5 Å². The van der Waals surface area contributed by atoms with Gasteiger partial charge in [0.25, 0.3) is 0 Å². The summed E-state index contributed by atoms with van der Waals surface area (Å²) in [5.74, 6) is 0.938. The zero-order valence-electron chi connectivity index (χ0n) is 16.7. The Morgan fingerprint density at radius 2 is 1.97 bits per heavy atom. The molecule has 154 valence electrons. The van der Waals surface area contributed by atoms with Crippen LogP contribution in [0.2, 0.25) is 0 Å². The first-order valence-corrected chi connectivity index (χ1v) is 11.1. The number of carbonyl (C=O) groups is 1. The average Bonchev–Trinajstić information content (AvgIpc) is 3.26. The van der Waals surface area contributed by atoms with Crippen molar-refractivity contribution in [2.24, 2.45) is 0 Å². The second-order valence-corrected chi connectivity index (χ2v) is 9.05. The number of hydrogen-bond donors (Lipinski definition) is 1. The fourth-order valence-electron chi connectivity index (χ4n) is 4.45. The van der Waals surface area contributed by atoms with Gasteiger partial charge in [0.15, 0.2) is 5.76 Å². The molecule has 0 atom stereocenters. The molecule has 6 heteroatoms. The molecule has 3 aromatic rings. The molecule has 0 saturated carbocycles. The largest absolute Gasteiger partial charge is 0.872 e. The fourth-order valence-corrected chi connectivity index (χ4v) is 4.83. The van der Waals surface area contributed by atoms with Crippen LogP contribution < -0.4 is 14.7 Å². The quantitative estimate of drug-likeness (QED) is 0.595. The van der Waals surface area contributed by atoms with E-state index in [4.69, 9.17) is 9.15 Å². The fraction of sp³-hybridized carbons (Fsp3) is 0.292. The Morgan fingerprint density at radius 3 is 2.77 bits per heavy atom. The van der Waals surface area contributed by atoms with Gasteiger partial charge in [-0.3, -0.25) is 4.79 Å². The lowest BCUT2D eigenvalue weighted by Gasteiger charge is -2.26. The molecule has 1 N–H and O–H groups in total. The third kappa shape index (κ3) is 3.44. The molecule has 2 aliphatic rings. The molecule has 30 heavy (non-hydrogen) atoms. The van der Waals surface area contributed by atoms with E-state index in [0.29, 0.717) is 34.7 Å². The number of hydrogen-bond acceptors (Lipinski definition) is 4. The van der Waals surface area contributed by atoms with E-state index in [2.05, 4.69) is 15.9 Å². The number of ether oxygens (including phenoxy) is 1. The van der Waals surface area contributed by atoms with Crippen molar-refractivity contribution in [1.82, 2.24) is 0 Å². The third-order valence-electron chi connectivity index (χ3n) is 5.96. The number of carbonyl (C=O) groups excluding carboxylic acids is 1. The van der Waals surface area contributed by atoms with Crippen LogP contribution in [0.4, 0.5) is 0 Å². The first kappa shape index (κ1) is 19.4. The van der Waals surface area contributed by atoms with Crippen molar-refractivity contribution in [1.29, 1.82) is 0 Å². The summed E-state index contributed by atoms with van der Waals surface area (Å²) in [6, 6.07) is 9.18. The molecule has 3 heterocycles. The summed E-state index contributed by atoms with van der Waals surface area (Å²) in [6.07, 6.45) is 5.21. The number of Topliss-reactive ketones (excluding diaryl/α,β-unsaturated/α-hetero) is 1. The number of likely N-dealkylation sites (tertiary alicyclic amines) is 1. The van der Waals surface area contributed by atoms with Gasteiger partial charge in [0.2, 0.25) is 5.78 Å². The number of benzene rings is 2. The summed E-state index contributed by atoms with van der Waals surface area (Å²) in [5.41, 5.74) is 2.51. The maximum atomic E-state index is 13.1. The highest BCUT2D eigenvalue weighted by Crippen LogP contribution is 2.41. The summed E-state index contributed by atoms with van der Waals surface area (Å²) < 4.78 is 12.8. The monoisotopic (exact) mass is 467 g/mol. The molecule has 5 nitrogen and oxygen atoms in total. The van der Waals surface area contributed by atoms with Crippen molar-refractivity contribution >= 4 is 38.8 Å². The number of fused-ring (bicyclic) bond motifs is 2. The van der Waals surface area contributed by atoms with Crippen molar-refractivity contribution in [3.8, 4) is 11.5 Å². The van der Waals surface area contributed by atoms with Gasteiger partial charge in [-0.2, -0.15) is 0 Å². The van der Waals surface area contributed by atoms with Gasteiger partial charge in [0, 0.05) is 21.5 Å². The second-order valence-electron chi connectivity index (χ2n) is 8.13. The molecular formula is C24H22BrNO4. The summed E-state index contributed by atoms with van der Waals surface area (Å²) in [5, 5.41) is 13.7. The zero-order valence-corrected chi connectivity index (χ0v) is 18.3. The van der Waals surface area contributed by atoms with Crippen molar-refractivity contribution in [2.45, 2.75) is 32.7 Å². The van der Waals surface area contributed by atoms with E-state index >= 15 is 0 Å². The van der Waals surface area contributed by atoms with E-state index in [1.807, 2.05) is 24.3 Å². The van der Waals surface area contributed by atoms with Crippen molar-refractivity contribution in [3.63, 3.8) is 0 Å². The molecule has 1 fully saturated rings. The molecule has 0 amide bonds. The predicted octanol–water partition coefficient (Wildman–Crippen LogP) is 3.76. The lowest BCUT2D eigenvalue weighted by atomic mass is 9.99. The van der Waals surface area contributed by atoms with Crippen LogP contribution in [0.5, 0.6) is 11.5 Å². The summed E-state index contributed by atoms with van der Waals surface area (Å²) >= 11 is 3.45. The molecule has 1 aromatic heterocycles. The Bertz CT molecular complexity index is 1190. The van der Waals surface area contributed by atoms with Crippen LogP contribution in [0, 0.1) is 6.92 Å². The van der Waals surface area contributed by atoms with Gasteiger partial charge in [0.1, 0.15) is 23.6 Å². The first-order chi connectivity index (χ1) is 14.5. The predicted molar refractivity (Wildman–Crippen MR) is 116 cm³/mol. The smallest absolute Gasteiger partial charge is 0.232 e. The Morgan fingerprint density at radius 1 is 1.17 bits per heavy atom. The number of nitrogens with one attached hydrogen (secondary N) is 1. The molecule has 5 rings (SSSR count). The molecule has 2 aliphatic heterocycles. The molecular weight excluding hydrogens is 446 g/mol. The maximum Gasteiger partial charge on any atom is 0.232 e. The zero-order chi connectivity index (χ0) is 20.8. The number of rotatable bonds is 3. The number of ketones is 1. The highest BCUT2D eigenvalue weighted by Gasteiger charge is 2.33. The first-order valence-electron chi connectivity index (χ1n) is 10.3. The minimum absolute atomic E-state index is 0.0491. The lowest BCUT2D eigenvalue weighted by molar-refractivity contribution is -0.918. The van der Waals surface area contributed by atoms with Crippen LogP contribution in [0.15, 0.2) is 45.0 Å². The molecule has 2 aromatic carbocycles. The van der Waals surface area contributed by atoms with Gasteiger partial charge in [-0.05, 0) is 56.0 Å². The minimum atomic E-state index is -0.195. The Hall–Kier alpha value is -2.57. The molecule has 0 aliphatic carbocycles. The topological polar surface area (TPSA) is 66.9 Å². The van der Waals surface area contributed by atoms with Gasteiger partial charge in [0.05, 0.1) is 18.7 Å². The molecule has 0 unspecified atom stereocenters. The number of allylic oxidation sites excluding steroid dienone is 1.